The molecule has 0 bridgehead atoms. The molecule has 1 aromatic rings. The molecule has 0 unspecified atom stereocenters. The van der Waals surface area contributed by atoms with Crippen molar-refractivity contribution in [3.8, 4) is 0 Å². The fourth-order valence-electron chi connectivity index (χ4n) is 1.32. The van der Waals surface area contributed by atoms with Crippen LogP contribution in [0.5, 0.6) is 0 Å². The van der Waals surface area contributed by atoms with Crippen molar-refractivity contribution in [2.24, 2.45) is 0 Å². The maximum atomic E-state index is 11.9. The Kier molecular flexibility index (Phi) is 5.54. The van der Waals surface area contributed by atoms with Crippen molar-refractivity contribution in [3.63, 3.8) is 0 Å². The second-order valence-corrected chi connectivity index (χ2v) is 5.10. The van der Waals surface area contributed by atoms with Gasteiger partial charge in [-0.05, 0) is 21.0 Å². The van der Waals surface area contributed by atoms with Gasteiger partial charge in [-0.1, -0.05) is 0 Å². The lowest BCUT2D eigenvalue weighted by Gasteiger charge is -2.09. The lowest BCUT2D eigenvalue weighted by atomic mass is 10.3. The Bertz CT molecular complexity index is 377. The summed E-state index contributed by atoms with van der Waals surface area (Å²) in [6.07, 6.45) is 0. The zero-order valence-corrected chi connectivity index (χ0v) is 11.6. The molecule has 17 heavy (non-hydrogen) atoms. The van der Waals surface area contributed by atoms with Gasteiger partial charge in [0.1, 0.15) is 9.88 Å². The fourth-order valence-corrected chi connectivity index (χ4v) is 2.27. The van der Waals surface area contributed by atoms with Gasteiger partial charge in [0.2, 0.25) is 0 Å². The predicted molar refractivity (Wildman–Crippen MR) is 68.5 cm³/mol. The molecule has 1 rings (SSSR count). The van der Waals surface area contributed by atoms with Gasteiger partial charge < -0.3 is 15.0 Å². The van der Waals surface area contributed by atoms with Crippen LogP contribution in [0.3, 0.4) is 0 Å². The van der Waals surface area contributed by atoms with Crippen LogP contribution in [0.2, 0.25) is 0 Å². The molecule has 0 saturated heterocycles. The number of hydrogen-bond acceptors (Lipinski definition) is 5. The first-order valence-corrected chi connectivity index (χ1v) is 6.24. The molecule has 1 heterocycles. The minimum absolute atomic E-state index is 0.0517. The van der Waals surface area contributed by atoms with Crippen molar-refractivity contribution >= 4 is 17.2 Å². The molecule has 1 amide bonds. The zero-order valence-electron chi connectivity index (χ0n) is 10.7. The first kappa shape index (κ1) is 14.1. The van der Waals surface area contributed by atoms with E-state index in [1.165, 1.54) is 11.3 Å². The molecule has 0 aromatic carbocycles. The molecule has 0 aliphatic heterocycles. The highest BCUT2D eigenvalue weighted by atomic mass is 32.1. The third-order valence-electron chi connectivity index (χ3n) is 2.16. The Labute approximate surface area is 106 Å². The molecule has 5 nitrogen and oxygen atoms in total. The Morgan fingerprint density at radius 1 is 1.53 bits per heavy atom. The van der Waals surface area contributed by atoms with E-state index < -0.39 is 0 Å². The molecule has 0 atom stereocenters. The molecule has 1 N–H and O–H groups in total. The van der Waals surface area contributed by atoms with Crippen molar-refractivity contribution in [1.29, 1.82) is 0 Å². The minimum Gasteiger partial charge on any atom is -0.378 e. The van der Waals surface area contributed by atoms with Crippen molar-refractivity contribution in [2.75, 3.05) is 34.3 Å². The number of amides is 1. The van der Waals surface area contributed by atoms with E-state index in [4.69, 9.17) is 4.74 Å². The van der Waals surface area contributed by atoms with Gasteiger partial charge in [0.15, 0.2) is 0 Å². The van der Waals surface area contributed by atoms with Crippen LogP contribution in [0, 0.1) is 6.92 Å². The number of aromatic nitrogens is 1. The molecule has 0 radical (unpaired) electrons. The van der Waals surface area contributed by atoms with Crippen LogP contribution in [0.1, 0.15) is 20.4 Å². The van der Waals surface area contributed by atoms with Gasteiger partial charge in [-0.25, -0.2) is 4.98 Å². The van der Waals surface area contributed by atoms with E-state index in [0.29, 0.717) is 18.0 Å². The Hall–Kier alpha value is -0.980. The van der Waals surface area contributed by atoms with Crippen molar-refractivity contribution < 1.29 is 9.53 Å². The van der Waals surface area contributed by atoms with Gasteiger partial charge in [-0.15, -0.1) is 11.3 Å². The molecular weight excluding hydrogens is 238 g/mol. The van der Waals surface area contributed by atoms with Crippen LogP contribution < -0.4 is 5.32 Å². The third-order valence-corrected chi connectivity index (χ3v) is 3.29. The SMILES string of the molecule is COCc1nc(C)c(C(=O)NCCN(C)C)s1. The summed E-state index contributed by atoms with van der Waals surface area (Å²) in [5.74, 6) is -0.0517. The lowest BCUT2D eigenvalue weighted by Crippen LogP contribution is -2.31. The number of likely N-dealkylation sites (N-methyl/N-ethyl adjacent to an activating group) is 1. The molecule has 6 heteroatoms. The van der Waals surface area contributed by atoms with Crippen LogP contribution in [0.4, 0.5) is 0 Å². The highest BCUT2D eigenvalue weighted by molar-refractivity contribution is 7.13. The summed E-state index contributed by atoms with van der Waals surface area (Å²) in [5, 5.41) is 3.71. The van der Waals surface area contributed by atoms with E-state index in [2.05, 4.69) is 10.3 Å². The summed E-state index contributed by atoms with van der Waals surface area (Å²) < 4.78 is 5.00. The molecule has 1 aromatic heterocycles. The number of aryl methyl sites for hydroxylation is 1. The van der Waals surface area contributed by atoms with Gasteiger partial charge in [0.25, 0.3) is 5.91 Å². The quantitative estimate of drug-likeness (QED) is 0.822. The van der Waals surface area contributed by atoms with Crippen LogP contribution in [0.15, 0.2) is 0 Å². The number of rotatable bonds is 6. The van der Waals surface area contributed by atoms with Crippen LogP contribution in [-0.4, -0.2) is 50.1 Å². The van der Waals surface area contributed by atoms with E-state index >= 15 is 0 Å². The predicted octanol–water partition coefficient (Wildman–Crippen LogP) is 0.889. The lowest BCUT2D eigenvalue weighted by molar-refractivity contribution is 0.0954. The number of thiazole rings is 1. The molecule has 0 fully saturated rings. The topological polar surface area (TPSA) is 54.5 Å². The van der Waals surface area contributed by atoms with Crippen LogP contribution >= 0.6 is 11.3 Å². The third kappa shape index (κ3) is 4.41. The Morgan fingerprint density at radius 2 is 2.24 bits per heavy atom. The summed E-state index contributed by atoms with van der Waals surface area (Å²) >= 11 is 1.39. The summed E-state index contributed by atoms with van der Waals surface area (Å²) in [4.78, 5) is 18.9. The number of nitrogens with zero attached hydrogens (tertiary/aromatic N) is 2. The molecule has 0 aliphatic rings. The Balaban J connectivity index is 2.56. The second-order valence-electron chi connectivity index (χ2n) is 4.01. The van der Waals surface area contributed by atoms with E-state index in [1.807, 2.05) is 25.9 Å². The first-order valence-electron chi connectivity index (χ1n) is 5.42. The van der Waals surface area contributed by atoms with E-state index in [-0.39, 0.29) is 5.91 Å². The van der Waals surface area contributed by atoms with Gasteiger partial charge in [-0.3, -0.25) is 4.79 Å². The van der Waals surface area contributed by atoms with Crippen LogP contribution in [-0.2, 0) is 11.3 Å². The number of methoxy groups -OCH3 is 1. The molecule has 96 valence electrons. The highest BCUT2D eigenvalue weighted by Crippen LogP contribution is 2.18. The largest absolute Gasteiger partial charge is 0.378 e. The van der Waals surface area contributed by atoms with E-state index in [9.17, 15) is 4.79 Å². The Morgan fingerprint density at radius 3 is 2.82 bits per heavy atom. The summed E-state index contributed by atoms with van der Waals surface area (Å²) in [6.45, 7) is 3.77. The number of ether oxygens (including phenoxy) is 1. The zero-order chi connectivity index (χ0) is 12.8. The fraction of sp³-hybridized carbons (Fsp3) is 0.636. The second kappa shape index (κ2) is 6.68. The standard InChI is InChI=1S/C11H19N3O2S/c1-8-10(17-9(13-8)7-16-4)11(15)12-5-6-14(2)3/h5-7H2,1-4H3,(H,12,15). The normalized spacial score (nSPS) is 10.9. The average Bonchev–Trinajstić information content (AvgIpc) is 2.59. The summed E-state index contributed by atoms with van der Waals surface area (Å²) in [7, 11) is 5.56. The molecule has 0 spiro atoms. The maximum Gasteiger partial charge on any atom is 0.263 e. The first-order chi connectivity index (χ1) is 8.04. The van der Waals surface area contributed by atoms with Gasteiger partial charge in [-0.2, -0.15) is 0 Å². The van der Waals surface area contributed by atoms with Crippen LogP contribution in [0.25, 0.3) is 0 Å². The number of carbonyl (C=O) groups excluding carboxylic acids is 1. The molecule has 0 saturated carbocycles. The number of nitrogens with one attached hydrogen (secondary N) is 1. The minimum atomic E-state index is -0.0517. The van der Waals surface area contributed by atoms with E-state index in [0.717, 1.165) is 17.2 Å². The van der Waals surface area contributed by atoms with Crippen molar-refractivity contribution in [3.05, 3.63) is 15.6 Å². The van der Waals surface area contributed by atoms with E-state index in [1.54, 1.807) is 7.11 Å². The van der Waals surface area contributed by atoms with Gasteiger partial charge >= 0.3 is 0 Å². The molecule has 0 aliphatic carbocycles. The highest BCUT2D eigenvalue weighted by Gasteiger charge is 2.14. The summed E-state index contributed by atoms with van der Waals surface area (Å²) in [5.41, 5.74) is 0.768. The van der Waals surface area contributed by atoms with Crippen molar-refractivity contribution in [1.82, 2.24) is 15.2 Å². The van der Waals surface area contributed by atoms with Crippen molar-refractivity contribution in [2.45, 2.75) is 13.5 Å². The number of carbonyl (C=O) groups is 1. The number of hydrogen-bond donors (Lipinski definition) is 1. The van der Waals surface area contributed by atoms with Gasteiger partial charge in [0.05, 0.1) is 12.3 Å². The maximum absolute atomic E-state index is 11.9. The summed E-state index contributed by atoms with van der Waals surface area (Å²) in [6, 6.07) is 0. The monoisotopic (exact) mass is 257 g/mol. The average molecular weight is 257 g/mol. The van der Waals surface area contributed by atoms with Gasteiger partial charge in [0, 0.05) is 20.2 Å². The molecular formula is C11H19N3O2S. The smallest absolute Gasteiger partial charge is 0.263 e.